The predicted molar refractivity (Wildman–Crippen MR) is 78.1 cm³/mol. The zero-order valence-corrected chi connectivity index (χ0v) is 11.5. The Morgan fingerprint density at radius 3 is 2.70 bits per heavy atom. The molecule has 0 saturated carbocycles. The molecule has 0 atom stereocenters. The molecule has 2 aromatic carbocycles. The van der Waals surface area contributed by atoms with Crippen LogP contribution in [0, 0.1) is 13.8 Å². The number of nitrogens with one attached hydrogen (secondary N) is 1. The Kier molecular flexibility index (Phi) is 4.25. The molecule has 0 fully saturated rings. The van der Waals surface area contributed by atoms with Crippen LogP contribution in [-0.4, -0.2) is 17.6 Å². The van der Waals surface area contributed by atoms with Crippen LogP contribution in [0.3, 0.4) is 0 Å². The average Bonchev–Trinajstić information content (AvgIpc) is 2.37. The van der Waals surface area contributed by atoms with E-state index < -0.39 is 0 Å². The first-order chi connectivity index (χ1) is 9.54. The Balaban J connectivity index is 1.92. The summed E-state index contributed by atoms with van der Waals surface area (Å²) in [5, 5.41) is 12.0. The van der Waals surface area contributed by atoms with E-state index >= 15 is 0 Å². The van der Waals surface area contributed by atoms with Crippen molar-refractivity contribution in [3.05, 3.63) is 53.6 Å². The summed E-state index contributed by atoms with van der Waals surface area (Å²) < 4.78 is 5.48. The van der Waals surface area contributed by atoms with Crippen molar-refractivity contribution in [3.8, 4) is 11.5 Å². The topological polar surface area (TPSA) is 58.6 Å². The summed E-state index contributed by atoms with van der Waals surface area (Å²) in [5.74, 6) is 0.537. The van der Waals surface area contributed by atoms with Crippen molar-refractivity contribution >= 4 is 11.6 Å². The molecule has 4 nitrogen and oxygen atoms in total. The highest BCUT2D eigenvalue weighted by Gasteiger charge is 2.06. The van der Waals surface area contributed by atoms with Gasteiger partial charge in [0.25, 0.3) is 5.91 Å². The largest absolute Gasteiger partial charge is 0.508 e. The second-order valence-corrected chi connectivity index (χ2v) is 4.66. The summed E-state index contributed by atoms with van der Waals surface area (Å²) in [4.78, 5) is 11.8. The number of hydrogen-bond donors (Lipinski definition) is 2. The average molecular weight is 271 g/mol. The molecular formula is C16H17NO3. The van der Waals surface area contributed by atoms with E-state index in [1.807, 2.05) is 32.0 Å². The van der Waals surface area contributed by atoms with Crippen molar-refractivity contribution < 1.29 is 14.6 Å². The van der Waals surface area contributed by atoms with Crippen LogP contribution in [0.4, 0.5) is 5.69 Å². The van der Waals surface area contributed by atoms with E-state index in [9.17, 15) is 9.90 Å². The molecule has 2 aromatic rings. The molecule has 0 unspecified atom stereocenters. The summed E-state index contributed by atoms with van der Waals surface area (Å²) in [6, 6.07) is 12.2. The molecule has 2 rings (SSSR count). The minimum Gasteiger partial charge on any atom is -0.508 e. The van der Waals surface area contributed by atoms with Crippen LogP contribution in [0.5, 0.6) is 11.5 Å². The number of amides is 1. The number of anilines is 1. The van der Waals surface area contributed by atoms with Crippen LogP contribution >= 0.6 is 0 Å². The summed E-state index contributed by atoms with van der Waals surface area (Å²) in [6.07, 6.45) is 0. The van der Waals surface area contributed by atoms with Crippen LogP contribution in [0.2, 0.25) is 0 Å². The molecule has 1 amide bonds. The minimum atomic E-state index is -0.268. The quantitative estimate of drug-likeness (QED) is 0.898. The van der Waals surface area contributed by atoms with Crippen LogP contribution < -0.4 is 10.1 Å². The predicted octanol–water partition coefficient (Wildman–Crippen LogP) is 3.03. The molecule has 2 N–H and O–H groups in total. The Morgan fingerprint density at radius 1 is 1.20 bits per heavy atom. The number of aromatic hydroxyl groups is 1. The fourth-order valence-corrected chi connectivity index (χ4v) is 1.89. The Morgan fingerprint density at radius 2 is 2.00 bits per heavy atom. The van der Waals surface area contributed by atoms with Gasteiger partial charge in [0.15, 0.2) is 6.61 Å². The molecule has 0 saturated heterocycles. The van der Waals surface area contributed by atoms with Crippen molar-refractivity contribution in [2.45, 2.75) is 13.8 Å². The van der Waals surface area contributed by atoms with E-state index in [-0.39, 0.29) is 18.3 Å². The van der Waals surface area contributed by atoms with Gasteiger partial charge in [0.1, 0.15) is 11.5 Å². The van der Waals surface area contributed by atoms with Gasteiger partial charge in [0.2, 0.25) is 0 Å². The third-order valence-electron chi connectivity index (χ3n) is 2.82. The lowest BCUT2D eigenvalue weighted by atomic mass is 10.1. The highest BCUT2D eigenvalue weighted by atomic mass is 16.5. The fourth-order valence-electron chi connectivity index (χ4n) is 1.89. The molecule has 0 spiro atoms. The minimum absolute atomic E-state index is 0.0699. The SMILES string of the molecule is Cc1ccc(OCC(=O)Nc2cccc(O)c2)c(C)c1. The third kappa shape index (κ3) is 3.75. The van der Waals surface area contributed by atoms with Gasteiger partial charge in [-0.2, -0.15) is 0 Å². The van der Waals surface area contributed by atoms with Crippen LogP contribution in [0.15, 0.2) is 42.5 Å². The first-order valence-corrected chi connectivity index (χ1v) is 6.33. The van der Waals surface area contributed by atoms with Gasteiger partial charge in [-0.05, 0) is 37.6 Å². The molecule has 4 heteroatoms. The molecule has 0 aliphatic heterocycles. The number of aryl methyl sites for hydroxylation is 2. The van der Waals surface area contributed by atoms with Crippen molar-refractivity contribution in [1.29, 1.82) is 0 Å². The monoisotopic (exact) mass is 271 g/mol. The maximum atomic E-state index is 11.8. The fraction of sp³-hybridized carbons (Fsp3) is 0.188. The highest BCUT2D eigenvalue weighted by Crippen LogP contribution is 2.19. The van der Waals surface area contributed by atoms with Crippen molar-refractivity contribution in [1.82, 2.24) is 0 Å². The molecule has 0 aliphatic rings. The molecule has 0 radical (unpaired) electrons. The summed E-state index contributed by atoms with van der Waals surface area (Å²) in [7, 11) is 0. The van der Waals surface area contributed by atoms with Gasteiger partial charge < -0.3 is 15.2 Å². The molecule has 104 valence electrons. The molecule has 0 bridgehead atoms. The number of hydrogen-bond acceptors (Lipinski definition) is 3. The number of benzene rings is 2. The summed E-state index contributed by atoms with van der Waals surface area (Å²) in [5.41, 5.74) is 2.69. The van der Waals surface area contributed by atoms with E-state index in [4.69, 9.17) is 4.74 Å². The standard InChI is InChI=1S/C16H17NO3/c1-11-6-7-15(12(2)8-11)20-10-16(19)17-13-4-3-5-14(18)9-13/h3-9,18H,10H2,1-2H3,(H,17,19). The van der Waals surface area contributed by atoms with E-state index in [1.54, 1.807) is 18.2 Å². The first kappa shape index (κ1) is 13.9. The van der Waals surface area contributed by atoms with Crippen molar-refractivity contribution in [2.24, 2.45) is 0 Å². The lowest BCUT2D eigenvalue weighted by molar-refractivity contribution is -0.118. The normalized spacial score (nSPS) is 10.1. The zero-order chi connectivity index (χ0) is 14.5. The number of rotatable bonds is 4. The number of ether oxygens (including phenoxy) is 1. The van der Waals surface area contributed by atoms with Gasteiger partial charge in [-0.25, -0.2) is 0 Å². The van der Waals surface area contributed by atoms with E-state index in [0.717, 1.165) is 11.1 Å². The van der Waals surface area contributed by atoms with Crippen LogP contribution in [0.25, 0.3) is 0 Å². The first-order valence-electron chi connectivity index (χ1n) is 6.33. The third-order valence-corrected chi connectivity index (χ3v) is 2.82. The number of carbonyl (C=O) groups is 1. The molecule has 0 aliphatic carbocycles. The molecule has 20 heavy (non-hydrogen) atoms. The van der Waals surface area contributed by atoms with Gasteiger partial charge >= 0.3 is 0 Å². The summed E-state index contributed by atoms with van der Waals surface area (Å²) >= 11 is 0. The van der Waals surface area contributed by atoms with Gasteiger partial charge in [-0.1, -0.05) is 23.8 Å². The van der Waals surface area contributed by atoms with Crippen molar-refractivity contribution in [2.75, 3.05) is 11.9 Å². The van der Waals surface area contributed by atoms with Gasteiger partial charge in [0, 0.05) is 11.8 Å². The van der Waals surface area contributed by atoms with Gasteiger partial charge in [-0.3, -0.25) is 4.79 Å². The number of carbonyl (C=O) groups excluding carboxylic acids is 1. The number of phenols is 1. The van der Waals surface area contributed by atoms with Crippen molar-refractivity contribution in [3.63, 3.8) is 0 Å². The summed E-state index contributed by atoms with van der Waals surface area (Å²) in [6.45, 7) is 3.88. The Bertz CT molecular complexity index is 623. The lowest BCUT2D eigenvalue weighted by Crippen LogP contribution is -2.20. The van der Waals surface area contributed by atoms with Gasteiger partial charge in [0.05, 0.1) is 0 Å². The number of phenolic OH excluding ortho intramolecular Hbond substituents is 1. The lowest BCUT2D eigenvalue weighted by Gasteiger charge is -2.10. The maximum absolute atomic E-state index is 11.8. The Labute approximate surface area is 118 Å². The smallest absolute Gasteiger partial charge is 0.262 e. The van der Waals surface area contributed by atoms with E-state index in [0.29, 0.717) is 11.4 Å². The molecule has 0 aromatic heterocycles. The Hall–Kier alpha value is -2.49. The maximum Gasteiger partial charge on any atom is 0.262 e. The van der Waals surface area contributed by atoms with E-state index in [1.165, 1.54) is 6.07 Å². The second kappa shape index (κ2) is 6.10. The van der Waals surface area contributed by atoms with Crippen LogP contribution in [0.1, 0.15) is 11.1 Å². The van der Waals surface area contributed by atoms with E-state index in [2.05, 4.69) is 5.32 Å². The second-order valence-electron chi connectivity index (χ2n) is 4.66. The molecule has 0 heterocycles. The van der Waals surface area contributed by atoms with Gasteiger partial charge in [-0.15, -0.1) is 0 Å². The highest BCUT2D eigenvalue weighted by molar-refractivity contribution is 5.92. The zero-order valence-electron chi connectivity index (χ0n) is 11.5. The molecular weight excluding hydrogens is 254 g/mol. The van der Waals surface area contributed by atoms with Crippen LogP contribution in [-0.2, 0) is 4.79 Å².